The molecule has 24 heavy (non-hydrogen) atoms. The molecule has 0 radical (unpaired) electrons. The Kier molecular flexibility index (Phi) is 4.53. The highest BCUT2D eigenvalue weighted by Gasteiger charge is 2.18. The number of aromatic hydroxyl groups is 1. The Morgan fingerprint density at radius 1 is 1.12 bits per heavy atom. The van der Waals surface area contributed by atoms with E-state index in [1.54, 1.807) is 19.2 Å². The van der Waals surface area contributed by atoms with Crippen molar-refractivity contribution in [3.05, 3.63) is 65.9 Å². The number of hydrogen-bond acceptors (Lipinski definition) is 4. The maximum Gasteiger partial charge on any atom is 0.118 e. The lowest BCUT2D eigenvalue weighted by Gasteiger charge is -2.15. The van der Waals surface area contributed by atoms with Crippen LogP contribution in [-0.4, -0.2) is 28.5 Å². The predicted molar refractivity (Wildman–Crippen MR) is 94.2 cm³/mol. The van der Waals surface area contributed by atoms with Crippen LogP contribution in [0.25, 0.3) is 11.3 Å². The third-order valence-corrected chi connectivity index (χ3v) is 4.19. The molecule has 0 saturated heterocycles. The van der Waals surface area contributed by atoms with E-state index in [1.807, 2.05) is 48.1 Å². The smallest absolute Gasteiger partial charge is 0.118 e. The van der Waals surface area contributed by atoms with Gasteiger partial charge < -0.3 is 15.6 Å². The maximum absolute atomic E-state index is 9.47. The highest BCUT2D eigenvalue weighted by atomic mass is 16.5. The van der Waals surface area contributed by atoms with E-state index in [9.17, 15) is 5.11 Å². The Bertz CT molecular complexity index is 808. The lowest BCUT2D eigenvalue weighted by molar-refractivity contribution is 0.415. The van der Waals surface area contributed by atoms with Gasteiger partial charge in [-0.15, -0.1) is 0 Å². The van der Waals surface area contributed by atoms with Gasteiger partial charge in [-0.05, 0) is 48.0 Å². The van der Waals surface area contributed by atoms with Crippen molar-refractivity contribution < 1.29 is 9.84 Å². The summed E-state index contributed by atoms with van der Waals surface area (Å²) < 4.78 is 7.06. The molecule has 0 amide bonds. The van der Waals surface area contributed by atoms with Gasteiger partial charge in [-0.2, -0.15) is 5.10 Å². The average Bonchev–Trinajstić information content (AvgIpc) is 2.99. The van der Waals surface area contributed by atoms with Gasteiger partial charge in [-0.1, -0.05) is 12.1 Å². The Hall–Kier alpha value is -2.79. The third kappa shape index (κ3) is 3.12. The molecule has 2 aromatic carbocycles. The van der Waals surface area contributed by atoms with Crippen LogP contribution in [0.3, 0.4) is 0 Å². The van der Waals surface area contributed by atoms with Crippen LogP contribution >= 0.6 is 0 Å². The fourth-order valence-corrected chi connectivity index (χ4v) is 2.84. The first kappa shape index (κ1) is 16.1. The van der Waals surface area contributed by atoms with E-state index in [0.717, 1.165) is 28.3 Å². The van der Waals surface area contributed by atoms with E-state index in [1.165, 1.54) is 0 Å². The first-order valence-corrected chi connectivity index (χ1v) is 7.79. The summed E-state index contributed by atoms with van der Waals surface area (Å²) in [6.45, 7) is 0.465. The zero-order valence-corrected chi connectivity index (χ0v) is 13.8. The minimum atomic E-state index is 0.0232. The van der Waals surface area contributed by atoms with Gasteiger partial charge >= 0.3 is 0 Å². The number of phenolic OH excluding ortho intramolecular Hbond substituents is 1. The van der Waals surface area contributed by atoms with Crippen LogP contribution in [0.15, 0.2) is 54.6 Å². The van der Waals surface area contributed by atoms with Crippen molar-refractivity contribution in [3.8, 4) is 22.8 Å². The van der Waals surface area contributed by atoms with Gasteiger partial charge in [0.2, 0.25) is 0 Å². The van der Waals surface area contributed by atoms with Crippen LogP contribution < -0.4 is 10.5 Å². The molecule has 0 aliphatic heterocycles. The molecule has 1 heterocycles. The van der Waals surface area contributed by atoms with Crippen LogP contribution in [-0.2, 0) is 7.05 Å². The second kappa shape index (κ2) is 6.76. The number of rotatable bonds is 5. The zero-order valence-electron chi connectivity index (χ0n) is 13.8. The topological polar surface area (TPSA) is 73.3 Å². The summed E-state index contributed by atoms with van der Waals surface area (Å²) in [5.41, 5.74) is 10.0. The molecule has 3 rings (SSSR count). The van der Waals surface area contributed by atoms with E-state index >= 15 is 0 Å². The SMILES string of the molecule is COc1ccc(-c2cc(C(CN)c3ccc(O)cc3)n(C)n2)cc1. The van der Waals surface area contributed by atoms with Gasteiger partial charge in [0, 0.05) is 30.8 Å². The number of aromatic nitrogens is 2. The van der Waals surface area contributed by atoms with Crippen molar-refractivity contribution in [2.75, 3.05) is 13.7 Å². The number of hydrogen-bond donors (Lipinski definition) is 2. The molecule has 0 aliphatic rings. The summed E-state index contributed by atoms with van der Waals surface area (Å²) in [5.74, 6) is 1.09. The summed E-state index contributed by atoms with van der Waals surface area (Å²) in [6, 6.07) is 17.0. The van der Waals surface area contributed by atoms with Gasteiger partial charge in [0.25, 0.3) is 0 Å². The molecule has 0 aliphatic carbocycles. The van der Waals surface area contributed by atoms with Gasteiger partial charge in [-0.25, -0.2) is 0 Å². The van der Waals surface area contributed by atoms with Crippen LogP contribution in [0.2, 0.25) is 0 Å². The molecule has 124 valence electrons. The molecule has 0 saturated carbocycles. The molecular formula is C19H21N3O2. The maximum atomic E-state index is 9.47. The standard InChI is InChI=1S/C19H21N3O2/c1-22-19(17(12-20)13-3-7-15(23)8-4-13)11-18(21-22)14-5-9-16(24-2)10-6-14/h3-11,17,23H,12,20H2,1-2H3. The molecule has 1 aromatic heterocycles. The molecule has 0 fully saturated rings. The second-order valence-corrected chi connectivity index (χ2v) is 5.69. The van der Waals surface area contributed by atoms with Crippen molar-refractivity contribution in [2.24, 2.45) is 12.8 Å². The van der Waals surface area contributed by atoms with E-state index in [-0.39, 0.29) is 11.7 Å². The summed E-state index contributed by atoms with van der Waals surface area (Å²) in [6.07, 6.45) is 0. The fourth-order valence-electron chi connectivity index (χ4n) is 2.84. The predicted octanol–water partition coefficient (Wildman–Crippen LogP) is 2.89. The first-order valence-electron chi connectivity index (χ1n) is 7.79. The summed E-state index contributed by atoms with van der Waals surface area (Å²) in [7, 11) is 3.57. The Morgan fingerprint density at radius 2 is 1.79 bits per heavy atom. The minimum Gasteiger partial charge on any atom is -0.508 e. The second-order valence-electron chi connectivity index (χ2n) is 5.69. The molecule has 1 unspecified atom stereocenters. The van der Waals surface area contributed by atoms with Crippen molar-refractivity contribution in [1.82, 2.24) is 9.78 Å². The normalized spacial score (nSPS) is 12.1. The molecule has 0 bridgehead atoms. The lowest BCUT2D eigenvalue weighted by Crippen LogP contribution is -2.16. The summed E-state index contributed by atoms with van der Waals surface area (Å²) in [4.78, 5) is 0. The molecule has 1 atom stereocenters. The van der Waals surface area contributed by atoms with Crippen molar-refractivity contribution in [1.29, 1.82) is 0 Å². The van der Waals surface area contributed by atoms with Crippen LogP contribution in [0.4, 0.5) is 0 Å². The van der Waals surface area contributed by atoms with E-state index in [0.29, 0.717) is 6.54 Å². The Morgan fingerprint density at radius 3 is 2.38 bits per heavy atom. The molecule has 5 nitrogen and oxygen atoms in total. The quantitative estimate of drug-likeness (QED) is 0.757. The summed E-state index contributed by atoms with van der Waals surface area (Å²) >= 11 is 0. The van der Waals surface area contributed by atoms with Gasteiger partial charge in [-0.3, -0.25) is 4.68 Å². The monoisotopic (exact) mass is 323 g/mol. The summed E-state index contributed by atoms with van der Waals surface area (Å²) in [5, 5.41) is 14.1. The van der Waals surface area contributed by atoms with Crippen LogP contribution in [0, 0.1) is 0 Å². The number of benzene rings is 2. The molecule has 3 aromatic rings. The number of aryl methyl sites for hydroxylation is 1. The Labute approximate surface area is 141 Å². The average molecular weight is 323 g/mol. The minimum absolute atomic E-state index is 0.0232. The zero-order chi connectivity index (χ0) is 17.1. The molecule has 0 spiro atoms. The highest BCUT2D eigenvalue weighted by molar-refractivity contribution is 5.61. The molecule has 3 N–H and O–H groups in total. The number of methoxy groups -OCH3 is 1. The number of phenols is 1. The van der Waals surface area contributed by atoms with E-state index < -0.39 is 0 Å². The number of nitrogens with zero attached hydrogens (tertiary/aromatic N) is 2. The van der Waals surface area contributed by atoms with Crippen LogP contribution in [0.1, 0.15) is 17.2 Å². The first-order chi connectivity index (χ1) is 11.6. The number of nitrogens with two attached hydrogens (primary N) is 1. The van der Waals surface area contributed by atoms with E-state index in [2.05, 4.69) is 11.2 Å². The van der Waals surface area contributed by atoms with Gasteiger partial charge in [0.1, 0.15) is 11.5 Å². The van der Waals surface area contributed by atoms with Crippen LogP contribution in [0.5, 0.6) is 11.5 Å². The fraction of sp³-hybridized carbons (Fsp3) is 0.211. The van der Waals surface area contributed by atoms with E-state index in [4.69, 9.17) is 10.5 Å². The van der Waals surface area contributed by atoms with Crippen molar-refractivity contribution >= 4 is 0 Å². The van der Waals surface area contributed by atoms with Crippen molar-refractivity contribution in [2.45, 2.75) is 5.92 Å². The highest BCUT2D eigenvalue weighted by Crippen LogP contribution is 2.29. The van der Waals surface area contributed by atoms with Gasteiger partial charge in [0.05, 0.1) is 12.8 Å². The number of ether oxygens (including phenoxy) is 1. The lowest BCUT2D eigenvalue weighted by atomic mass is 9.95. The third-order valence-electron chi connectivity index (χ3n) is 4.19. The Balaban J connectivity index is 1.95. The molecule has 5 heteroatoms. The van der Waals surface area contributed by atoms with Gasteiger partial charge in [0.15, 0.2) is 0 Å². The largest absolute Gasteiger partial charge is 0.508 e. The van der Waals surface area contributed by atoms with Crippen molar-refractivity contribution in [3.63, 3.8) is 0 Å². The molecular weight excluding hydrogens is 302 g/mol.